The first-order chi connectivity index (χ1) is 13.7. The number of amides is 2. The average Bonchev–Trinajstić information content (AvgIpc) is 3.03. The summed E-state index contributed by atoms with van der Waals surface area (Å²) >= 11 is 0. The van der Waals surface area contributed by atoms with E-state index in [9.17, 15) is 18.0 Å². The molecule has 0 saturated carbocycles. The Labute approximate surface area is 171 Å². The lowest BCUT2D eigenvalue weighted by atomic mass is 10.0. The zero-order valence-electron chi connectivity index (χ0n) is 16.7. The number of rotatable bonds is 4. The lowest BCUT2D eigenvalue weighted by Gasteiger charge is -2.19. The van der Waals surface area contributed by atoms with Crippen LogP contribution in [0.1, 0.15) is 37.3 Å². The van der Waals surface area contributed by atoms with E-state index in [1.165, 1.54) is 4.31 Å². The van der Waals surface area contributed by atoms with Crippen molar-refractivity contribution in [2.24, 2.45) is 0 Å². The maximum atomic E-state index is 12.3. The third-order valence-corrected chi connectivity index (χ3v) is 6.77. The fourth-order valence-electron chi connectivity index (χ4n) is 3.15. The van der Waals surface area contributed by atoms with Crippen LogP contribution in [0.25, 0.3) is 0 Å². The predicted molar refractivity (Wildman–Crippen MR) is 115 cm³/mol. The van der Waals surface area contributed by atoms with Crippen LogP contribution in [-0.2, 0) is 19.6 Å². The maximum Gasteiger partial charge on any atom is 0.314 e. The van der Waals surface area contributed by atoms with Gasteiger partial charge in [-0.2, -0.15) is 0 Å². The van der Waals surface area contributed by atoms with Gasteiger partial charge in [0.15, 0.2) is 0 Å². The lowest BCUT2D eigenvalue weighted by Crippen LogP contribution is -2.29. The van der Waals surface area contributed by atoms with Gasteiger partial charge >= 0.3 is 11.8 Å². The Bertz CT molecular complexity index is 1030. The van der Waals surface area contributed by atoms with Crippen LogP contribution in [-0.4, -0.2) is 32.5 Å². The molecule has 1 fully saturated rings. The molecule has 0 atom stereocenters. The minimum absolute atomic E-state index is 0.112. The zero-order chi connectivity index (χ0) is 21.2. The predicted octanol–water partition coefficient (Wildman–Crippen LogP) is 3.24. The topological polar surface area (TPSA) is 95.6 Å². The molecular weight excluding hydrogens is 390 g/mol. The summed E-state index contributed by atoms with van der Waals surface area (Å²) in [5.41, 5.74) is 3.28. The lowest BCUT2D eigenvalue weighted by molar-refractivity contribution is -0.133. The smallest absolute Gasteiger partial charge is 0.314 e. The molecule has 2 aromatic carbocycles. The summed E-state index contributed by atoms with van der Waals surface area (Å²) in [4.78, 5) is 24.6. The van der Waals surface area contributed by atoms with Crippen molar-refractivity contribution in [1.82, 2.24) is 0 Å². The number of aryl methyl sites for hydroxylation is 1. The number of hydrogen-bond acceptors (Lipinski definition) is 4. The average molecular weight is 416 g/mol. The number of nitrogens with zero attached hydrogens (tertiary/aromatic N) is 1. The molecule has 3 rings (SSSR count). The van der Waals surface area contributed by atoms with Gasteiger partial charge in [-0.3, -0.25) is 13.9 Å². The minimum atomic E-state index is -3.32. The molecule has 0 aliphatic carbocycles. The first-order valence-corrected chi connectivity index (χ1v) is 11.1. The molecule has 0 spiro atoms. The van der Waals surface area contributed by atoms with Gasteiger partial charge in [0.1, 0.15) is 0 Å². The molecular formula is C21H25N3O4S. The summed E-state index contributed by atoms with van der Waals surface area (Å²) in [5, 5.41) is 5.15. The van der Waals surface area contributed by atoms with Crippen LogP contribution >= 0.6 is 0 Å². The Kier molecular flexibility index (Phi) is 5.93. The van der Waals surface area contributed by atoms with Gasteiger partial charge in [0.25, 0.3) is 0 Å². The molecule has 2 aromatic rings. The van der Waals surface area contributed by atoms with Crippen LogP contribution in [0.3, 0.4) is 0 Å². The van der Waals surface area contributed by atoms with Crippen molar-refractivity contribution in [3.05, 3.63) is 53.6 Å². The first-order valence-electron chi connectivity index (χ1n) is 9.51. The highest BCUT2D eigenvalue weighted by atomic mass is 32.2. The van der Waals surface area contributed by atoms with Crippen LogP contribution in [0.5, 0.6) is 0 Å². The first kappa shape index (κ1) is 20.9. The van der Waals surface area contributed by atoms with E-state index in [4.69, 9.17) is 0 Å². The van der Waals surface area contributed by atoms with Crippen LogP contribution < -0.4 is 14.9 Å². The van der Waals surface area contributed by atoms with Gasteiger partial charge in [0.05, 0.1) is 11.4 Å². The Morgan fingerprint density at radius 3 is 2.24 bits per heavy atom. The fourth-order valence-corrected chi connectivity index (χ4v) is 4.70. The highest BCUT2D eigenvalue weighted by Crippen LogP contribution is 2.28. The summed E-state index contributed by atoms with van der Waals surface area (Å²) in [6, 6.07) is 12.3. The minimum Gasteiger partial charge on any atom is -0.318 e. The van der Waals surface area contributed by atoms with Crippen molar-refractivity contribution in [2.75, 3.05) is 27.2 Å². The molecule has 8 heteroatoms. The normalized spacial score (nSPS) is 15.4. The van der Waals surface area contributed by atoms with E-state index in [1.54, 1.807) is 37.3 Å². The second-order valence-corrected chi connectivity index (χ2v) is 9.44. The van der Waals surface area contributed by atoms with E-state index in [2.05, 4.69) is 24.5 Å². The standard InChI is InChI=1S/C21H25N3O4S/c1-14(2)16-6-8-17(9-7-16)22-20(25)21(26)23-19-13-18(10-5-15(19)3)24-11-4-12-29(24,27)28/h5-10,13-14H,4,11-12H2,1-3H3,(H,22,25)(H,23,26). The van der Waals surface area contributed by atoms with Gasteiger partial charge in [0, 0.05) is 17.9 Å². The molecule has 1 aliphatic heterocycles. The van der Waals surface area contributed by atoms with Gasteiger partial charge in [-0.1, -0.05) is 32.0 Å². The van der Waals surface area contributed by atoms with Gasteiger partial charge in [-0.05, 0) is 54.7 Å². The van der Waals surface area contributed by atoms with E-state index < -0.39 is 21.8 Å². The van der Waals surface area contributed by atoms with E-state index in [0.29, 0.717) is 35.9 Å². The molecule has 2 N–H and O–H groups in total. The third kappa shape index (κ3) is 4.76. The summed E-state index contributed by atoms with van der Waals surface area (Å²) in [5.74, 6) is -1.12. The van der Waals surface area contributed by atoms with Gasteiger partial charge < -0.3 is 10.6 Å². The molecule has 7 nitrogen and oxygen atoms in total. The molecule has 1 aliphatic rings. The third-order valence-electron chi connectivity index (χ3n) is 4.90. The van der Waals surface area contributed by atoms with Crippen molar-refractivity contribution in [3.8, 4) is 0 Å². The summed E-state index contributed by atoms with van der Waals surface area (Å²) < 4.78 is 25.6. The molecule has 1 saturated heterocycles. The summed E-state index contributed by atoms with van der Waals surface area (Å²) in [6.07, 6.45) is 0.565. The Morgan fingerprint density at radius 2 is 1.66 bits per heavy atom. The number of carbonyl (C=O) groups excluding carboxylic acids is 2. The maximum absolute atomic E-state index is 12.3. The van der Waals surface area contributed by atoms with E-state index in [0.717, 1.165) is 11.1 Å². The SMILES string of the molecule is Cc1ccc(N2CCCS2(=O)=O)cc1NC(=O)C(=O)Nc1ccc(C(C)C)cc1. The molecule has 0 radical (unpaired) electrons. The Balaban J connectivity index is 1.71. The van der Waals surface area contributed by atoms with Crippen molar-refractivity contribution < 1.29 is 18.0 Å². The zero-order valence-corrected chi connectivity index (χ0v) is 17.5. The van der Waals surface area contributed by atoms with E-state index in [-0.39, 0.29) is 5.75 Å². The van der Waals surface area contributed by atoms with Crippen molar-refractivity contribution in [1.29, 1.82) is 0 Å². The van der Waals surface area contributed by atoms with Crippen LogP contribution in [0.4, 0.5) is 17.1 Å². The number of anilines is 3. The molecule has 1 heterocycles. The van der Waals surface area contributed by atoms with Crippen LogP contribution in [0.2, 0.25) is 0 Å². The monoisotopic (exact) mass is 415 g/mol. The fraction of sp³-hybridized carbons (Fsp3) is 0.333. The van der Waals surface area contributed by atoms with E-state index >= 15 is 0 Å². The molecule has 0 bridgehead atoms. The van der Waals surface area contributed by atoms with Crippen LogP contribution in [0, 0.1) is 6.92 Å². The van der Waals surface area contributed by atoms with Crippen molar-refractivity contribution in [3.63, 3.8) is 0 Å². The number of benzene rings is 2. The van der Waals surface area contributed by atoms with Gasteiger partial charge in [-0.25, -0.2) is 8.42 Å². The van der Waals surface area contributed by atoms with Crippen molar-refractivity contribution in [2.45, 2.75) is 33.1 Å². The molecule has 154 valence electrons. The second-order valence-electron chi connectivity index (χ2n) is 7.43. The van der Waals surface area contributed by atoms with Crippen LogP contribution in [0.15, 0.2) is 42.5 Å². The highest BCUT2D eigenvalue weighted by Gasteiger charge is 2.29. The molecule has 0 unspecified atom stereocenters. The number of hydrogen-bond donors (Lipinski definition) is 2. The number of nitrogens with one attached hydrogen (secondary N) is 2. The van der Waals surface area contributed by atoms with Gasteiger partial charge in [0.2, 0.25) is 10.0 Å². The molecule has 2 amide bonds. The largest absolute Gasteiger partial charge is 0.318 e. The van der Waals surface area contributed by atoms with E-state index in [1.807, 2.05) is 12.1 Å². The summed E-state index contributed by atoms with van der Waals surface area (Å²) in [7, 11) is -3.32. The van der Waals surface area contributed by atoms with Gasteiger partial charge in [-0.15, -0.1) is 0 Å². The highest BCUT2D eigenvalue weighted by molar-refractivity contribution is 7.93. The number of carbonyl (C=O) groups is 2. The number of sulfonamides is 1. The van der Waals surface area contributed by atoms with Crippen molar-refractivity contribution >= 4 is 38.9 Å². The molecule has 0 aromatic heterocycles. The second kappa shape index (κ2) is 8.24. The summed E-state index contributed by atoms with van der Waals surface area (Å²) in [6.45, 7) is 6.34. The Morgan fingerprint density at radius 1 is 1.00 bits per heavy atom. The quantitative estimate of drug-likeness (QED) is 0.750. The molecule has 29 heavy (non-hydrogen) atoms. The Hall–Kier alpha value is -2.87.